The molecule has 0 radical (unpaired) electrons. The summed E-state index contributed by atoms with van der Waals surface area (Å²) in [6.07, 6.45) is 6.91. The van der Waals surface area contributed by atoms with Crippen molar-refractivity contribution < 1.29 is 4.79 Å². The van der Waals surface area contributed by atoms with Crippen molar-refractivity contribution in [3.05, 3.63) is 35.4 Å². The molecule has 0 fully saturated rings. The predicted octanol–water partition coefficient (Wildman–Crippen LogP) is 1.49. The zero-order valence-corrected chi connectivity index (χ0v) is 9.44. The largest absolute Gasteiger partial charge is 0.334 e. The van der Waals surface area contributed by atoms with Gasteiger partial charge >= 0.3 is 0 Å². The number of hydrogen-bond donors (Lipinski definition) is 0. The lowest BCUT2D eigenvalue weighted by Crippen LogP contribution is -2.33. The number of rotatable bonds is 2. The van der Waals surface area contributed by atoms with Crippen molar-refractivity contribution in [1.29, 1.82) is 0 Å². The Morgan fingerprint density at radius 3 is 2.50 bits per heavy atom. The van der Waals surface area contributed by atoms with E-state index in [2.05, 4.69) is 18.1 Å². The molecule has 0 N–H and O–H groups in total. The van der Waals surface area contributed by atoms with Crippen molar-refractivity contribution in [3.63, 3.8) is 0 Å². The number of terminal acetylenes is 1. The molecule has 0 aliphatic heterocycles. The minimum Gasteiger partial charge on any atom is -0.334 e. The third-order valence-corrected chi connectivity index (χ3v) is 3.10. The molecule has 0 aromatic heterocycles. The van der Waals surface area contributed by atoms with Gasteiger partial charge in [0.25, 0.3) is 0 Å². The first-order chi connectivity index (χ1) is 7.72. The monoisotopic (exact) mass is 213 g/mol. The summed E-state index contributed by atoms with van der Waals surface area (Å²) < 4.78 is 0. The number of fused-ring (bicyclic) bond motifs is 1. The van der Waals surface area contributed by atoms with E-state index in [4.69, 9.17) is 6.42 Å². The number of carbonyl (C=O) groups is 1. The maximum absolute atomic E-state index is 12.0. The summed E-state index contributed by atoms with van der Waals surface area (Å²) in [4.78, 5) is 13.7. The molecule has 0 unspecified atom stereocenters. The first-order valence-electron chi connectivity index (χ1n) is 5.47. The van der Waals surface area contributed by atoms with E-state index in [9.17, 15) is 4.79 Å². The molecule has 2 heteroatoms. The van der Waals surface area contributed by atoms with Crippen molar-refractivity contribution in [3.8, 4) is 12.3 Å². The summed E-state index contributed by atoms with van der Waals surface area (Å²) in [5, 5.41) is 0. The van der Waals surface area contributed by atoms with Crippen molar-refractivity contribution >= 4 is 5.91 Å². The van der Waals surface area contributed by atoms with E-state index >= 15 is 0 Å². The highest BCUT2D eigenvalue weighted by Crippen LogP contribution is 2.27. The molecule has 16 heavy (non-hydrogen) atoms. The van der Waals surface area contributed by atoms with Crippen LogP contribution in [0.1, 0.15) is 11.1 Å². The molecule has 2 nitrogen and oxygen atoms in total. The molecule has 0 heterocycles. The highest BCUT2D eigenvalue weighted by atomic mass is 16.2. The van der Waals surface area contributed by atoms with Gasteiger partial charge in [-0.2, -0.15) is 0 Å². The second-order valence-corrected chi connectivity index (χ2v) is 4.27. The fourth-order valence-corrected chi connectivity index (χ4v) is 2.26. The molecule has 0 saturated carbocycles. The van der Waals surface area contributed by atoms with Gasteiger partial charge in [0.2, 0.25) is 5.91 Å². The van der Waals surface area contributed by atoms with Crippen LogP contribution >= 0.6 is 0 Å². The Morgan fingerprint density at radius 2 is 2.00 bits per heavy atom. The molecule has 0 saturated heterocycles. The first kappa shape index (κ1) is 10.8. The van der Waals surface area contributed by atoms with Gasteiger partial charge < -0.3 is 4.90 Å². The first-order valence-corrected chi connectivity index (χ1v) is 5.47. The fourth-order valence-electron chi connectivity index (χ4n) is 2.26. The summed E-state index contributed by atoms with van der Waals surface area (Å²) in [6, 6.07) is 8.25. The second-order valence-electron chi connectivity index (χ2n) is 4.27. The number of benzene rings is 1. The summed E-state index contributed by atoms with van der Waals surface area (Å²) in [6.45, 7) is 0.395. The molecule has 2 rings (SSSR count). The van der Waals surface area contributed by atoms with Crippen LogP contribution in [0.5, 0.6) is 0 Å². The Morgan fingerprint density at radius 1 is 1.44 bits per heavy atom. The van der Waals surface area contributed by atoms with Crippen LogP contribution in [0.4, 0.5) is 0 Å². The Hall–Kier alpha value is -1.75. The van der Waals surface area contributed by atoms with E-state index < -0.39 is 0 Å². The minimum absolute atomic E-state index is 0.0794. The number of amides is 1. The van der Waals surface area contributed by atoms with Gasteiger partial charge in [0.1, 0.15) is 0 Å². The molecule has 0 bridgehead atoms. The maximum atomic E-state index is 12.0. The third kappa shape index (κ3) is 1.94. The predicted molar refractivity (Wildman–Crippen MR) is 63.8 cm³/mol. The maximum Gasteiger partial charge on any atom is 0.226 e. The van der Waals surface area contributed by atoms with Crippen molar-refractivity contribution in [2.75, 3.05) is 13.6 Å². The molecular weight excluding hydrogens is 198 g/mol. The van der Waals surface area contributed by atoms with Crippen LogP contribution in [0.3, 0.4) is 0 Å². The van der Waals surface area contributed by atoms with E-state index in [1.165, 1.54) is 11.1 Å². The Bertz CT molecular complexity index is 419. The van der Waals surface area contributed by atoms with Crippen LogP contribution in [-0.2, 0) is 17.6 Å². The lowest BCUT2D eigenvalue weighted by atomic mass is 10.1. The van der Waals surface area contributed by atoms with Gasteiger partial charge in [-0.1, -0.05) is 30.2 Å². The Labute approximate surface area is 96.3 Å². The number of nitrogens with zero attached hydrogens (tertiary/aromatic N) is 1. The zero-order valence-electron chi connectivity index (χ0n) is 9.44. The zero-order chi connectivity index (χ0) is 11.5. The van der Waals surface area contributed by atoms with Gasteiger partial charge in [0, 0.05) is 13.0 Å². The highest BCUT2D eigenvalue weighted by Gasteiger charge is 2.28. The highest BCUT2D eigenvalue weighted by molar-refractivity contribution is 5.80. The molecule has 1 aromatic carbocycles. The summed E-state index contributed by atoms with van der Waals surface area (Å²) in [5.41, 5.74) is 2.60. The molecule has 0 spiro atoms. The molecule has 1 aliphatic rings. The van der Waals surface area contributed by atoms with Crippen LogP contribution < -0.4 is 0 Å². The lowest BCUT2D eigenvalue weighted by Gasteiger charge is -2.18. The van der Waals surface area contributed by atoms with Crippen molar-refractivity contribution in [1.82, 2.24) is 4.90 Å². The van der Waals surface area contributed by atoms with E-state index in [0.717, 1.165) is 12.8 Å². The fraction of sp³-hybridized carbons (Fsp3) is 0.357. The Balaban J connectivity index is 2.07. The van der Waals surface area contributed by atoms with Crippen LogP contribution in [0.25, 0.3) is 0 Å². The molecule has 1 amide bonds. The molecule has 82 valence electrons. The van der Waals surface area contributed by atoms with Gasteiger partial charge in [0.05, 0.1) is 6.54 Å². The normalized spacial score (nSPS) is 14.2. The second kappa shape index (κ2) is 4.40. The van der Waals surface area contributed by atoms with Gasteiger partial charge in [0.15, 0.2) is 0 Å². The quantitative estimate of drug-likeness (QED) is 0.682. The van der Waals surface area contributed by atoms with Crippen molar-refractivity contribution in [2.24, 2.45) is 5.92 Å². The summed E-state index contributed by atoms with van der Waals surface area (Å²) >= 11 is 0. The van der Waals surface area contributed by atoms with E-state index in [0.29, 0.717) is 6.54 Å². The van der Waals surface area contributed by atoms with Gasteiger partial charge in [-0.3, -0.25) is 4.79 Å². The lowest BCUT2D eigenvalue weighted by molar-refractivity contribution is -0.133. The number of carbonyl (C=O) groups excluding carboxylic acids is 1. The molecule has 0 atom stereocenters. The molecule has 1 aliphatic carbocycles. The smallest absolute Gasteiger partial charge is 0.226 e. The van der Waals surface area contributed by atoms with Gasteiger partial charge in [-0.25, -0.2) is 0 Å². The summed E-state index contributed by atoms with van der Waals surface area (Å²) in [5.74, 6) is 2.74. The minimum atomic E-state index is 0.0794. The van der Waals surface area contributed by atoms with E-state index in [1.54, 1.807) is 11.9 Å². The third-order valence-electron chi connectivity index (χ3n) is 3.10. The van der Waals surface area contributed by atoms with Crippen LogP contribution in [0.15, 0.2) is 24.3 Å². The molecule has 1 aromatic rings. The topological polar surface area (TPSA) is 20.3 Å². The average molecular weight is 213 g/mol. The van der Waals surface area contributed by atoms with Crippen LogP contribution in [0, 0.1) is 18.3 Å². The Kier molecular flexibility index (Phi) is 2.96. The average Bonchev–Trinajstić information content (AvgIpc) is 2.71. The van der Waals surface area contributed by atoms with Crippen molar-refractivity contribution in [2.45, 2.75) is 12.8 Å². The molecular formula is C14H15NO. The van der Waals surface area contributed by atoms with Gasteiger partial charge in [-0.05, 0) is 24.0 Å². The van der Waals surface area contributed by atoms with Crippen LogP contribution in [-0.4, -0.2) is 24.4 Å². The van der Waals surface area contributed by atoms with Crippen LogP contribution in [0.2, 0.25) is 0 Å². The summed E-state index contributed by atoms with van der Waals surface area (Å²) in [7, 11) is 1.77. The standard InChI is InChI=1S/C14H15NO/c1-3-8-15(2)14(16)13-9-11-6-4-5-7-12(11)10-13/h1,4-7,13H,8-10H2,2H3. The van der Waals surface area contributed by atoms with Gasteiger partial charge in [-0.15, -0.1) is 6.42 Å². The SMILES string of the molecule is C#CCN(C)C(=O)C1Cc2ccccc2C1. The number of hydrogen-bond acceptors (Lipinski definition) is 1. The van der Waals surface area contributed by atoms with E-state index in [1.807, 2.05) is 12.1 Å². The van der Waals surface area contributed by atoms with E-state index in [-0.39, 0.29) is 11.8 Å².